The first-order valence-corrected chi connectivity index (χ1v) is 5.04. The van der Waals surface area contributed by atoms with Gasteiger partial charge in [-0.25, -0.2) is 0 Å². The molecule has 0 fully saturated rings. The molecule has 0 aliphatic rings. The number of ether oxygens (including phenoxy) is 1. The number of aryl methyl sites for hydroxylation is 1. The van der Waals surface area contributed by atoms with E-state index in [9.17, 15) is 0 Å². The average Bonchev–Trinajstić information content (AvgIpc) is 2.71. The summed E-state index contributed by atoms with van der Waals surface area (Å²) in [6.07, 6.45) is 3.67. The van der Waals surface area contributed by atoms with Gasteiger partial charge >= 0.3 is 0 Å². The number of hydrogen-bond donors (Lipinski definition) is 1. The molecule has 3 heteroatoms. The van der Waals surface area contributed by atoms with Crippen LogP contribution in [0.1, 0.15) is 12.5 Å². The molecule has 3 nitrogen and oxygen atoms in total. The second-order valence-corrected chi connectivity index (χ2v) is 3.42. The Hall–Kier alpha value is -1.77. The molecule has 1 heterocycles. The number of benzene rings is 1. The fraction of sp³-hybridized carbons (Fsp3) is 0.250. The summed E-state index contributed by atoms with van der Waals surface area (Å²) in [7, 11) is 0. The van der Waals surface area contributed by atoms with E-state index in [1.54, 1.807) is 6.20 Å². The van der Waals surface area contributed by atoms with E-state index in [2.05, 4.69) is 29.3 Å². The largest absolute Gasteiger partial charge is 0.493 e. The molecule has 0 atom stereocenters. The van der Waals surface area contributed by atoms with Crippen LogP contribution in [0, 0.1) is 6.92 Å². The SMILES string of the molecule is CCOc1cc(C)ccc1-c1cn[nH]c1. The molecule has 1 aromatic heterocycles. The Morgan fingerprint density at radius 1 is 1.40 bits per heavy atom. The molecule has 0 spiro atoms. The van der Waals surface area contributed by atoms with Gasteiger partial charge in [-0.1, -0.05) is 12.1 Å². The van der Waals surface area contributed by atoms with Crippen LogP contribution >= 0.6 is 0 Å². The minimum Gasteiger partial charge on any atom is -0.493 e. The highest BCUT2D eigenvalue weighted by molar-refractivity contribution is 5.69. The number of nitrogens with one attached hydrogen (secondary N) is 1. The third kappa shape index (κ3) is 2.01. The summed E-state index contributed by atoms with van der Waals surface area (Å²) in [6, 6.07) is 6.18. The lowest BCUT2D eigenvalue weighted by atomic mass is 10.1. The van der Waals surface area contributed by atoms with Crippen molar-refractivity contribution in [2.45, 2.75) is 13.8 Å². The van der Waals surface area contributed by atoms with E-state index in [0.717, 1.165) is 16.9 Å². The van der Waals surface area contributed by atoms with Crippen LogP contribution in [0.25, 0.3) is 11.1 Å². The van der Waals surface area contributed by atoms with E-state index in [-0.39, 0.29) is 0 Å². The molecule has 78 valence electrons. The summed E-state index contributed by atoms with van der Waals surface area (Å²) < 4.78 is 5.60. The van der Waals surface area contributed by atoms with Crippen molar-refractivity contribution in [1.82, 2.24) is 10.2 Å². The molecule has 0 amide bonds. The zero-order chi connectivity index (χ0) is 10.7. The quantitative estimate of drug-likeness (QED) is 0.831. The van der Waals surface area contributed by atoms with Gasteiger partial charge in [0.05, 0.1) is 12.8 Å². The van der Waals surface area contributed by atoms with Gasteiger partial charge in [-0.2, -0.15) is 5.10 Å². The molecular weight excluding hydrogens is 188 g/mol. The third-order valence-corrected chi connectivity index (χ3v) is 2.25. The highest BCUT2D eigenvalue weighted by atomic mass is 16.5. The van der Waals surface area contributed by atoms with Gasteiger partial charge in [0, 0.05) is 17.3 Å². The number of hydrogen-bond acceptors (Lipinski definition) is 2. The van der Waals surface area contributed by atoms with Crippen LogP contribution in [0.3, 0.4) is 0 Å². The average molecular weight is 202 g/mol. The van der Waals surface area contributed by atoms with E-state index in [1.807, 2.05) is 19.2 Å². The lowest BCUT2D eigenvalue weighted by Crippen LogP contribution is -1.94. The van der Waals surface area contributed by atoms with Gasteiger partial charge in [0.1, 0.15) is 5.75 Å². The predicted molar refractivity (Wildman–Crippen MR) is 59.9 cm³/mol. The van der Waals surface area contributed by atoms with Crippen molar-refractivity contribution in [3.8, 4) is 16.9 Å². The molecule has 0 bridgehead atoms. The first-order valence-electron chi connectivity index (χ1n) is 5.04. The first kappa shape index (κ1) is 9.77. The normalized spacial score (nSPS) is 10.3. The van der Waals surface area contributed by atoms with E-state index in [4.69, 9.17) is 4.74 Å². The van der Waals surface area contributed by atoms with Crippen LogP contribution in [0.15, 0.2) is 30.6 Å². The monoisotopic (exact) mass is 202 g/mol. The Bertz CT molecular complexity index is 435. The molecule has 0 radical (unpaired) electrons. The molecule has 0 unspecified atom stereocenters. The van der Waals surface area contributed by atoms with Crippen molar-refractivity contribution < 1.29 is 4.74 Å². The van der Waals surface area contributed by atoms with Crippen LogP contribution in [0.4, 0.5) is 0 Å². The lowest BCUT2D eigenvalue weighted by Gasteiger charge is -2.09. The highest BCUT2D eigenvalue weighted by Crippen LogP contribution is 2.30. The maximum Gasteiger partial charge on any atom is 0.127 e. The zero-order valence-corrected chi connectivity index (χ0v) is 8.95. The van der Waals surface area contributed by atoms with Gasteiger partial charge in [-0.15, -0.1) is 0 Å². The van der Waals surface area contributed by atoms with Crippen LogP contribution < -0.4 is 4.74 Å². The number of aromatic amines is 1. The first-order chi connectivity index (χ1) is 7.31. The summed E-state index contributed by atoms with van der Waals surface area (Å²) in [6.45, 7) is 4.72. The van der Waals surface area contributed by atoms with E-state index in [0.29, 0.717) is 6.61 Å². The summed E-state index contributed by atoms with van der Waals surface area (Å²) in [4.78, 5) is 0. The van der Waals surface area contributed by atoms with Crippen molar-refractivity contribution in [2.24, 2.45) is 0 Å². The van der Waals surface area contributed by atoms with Crippen molar-refractivity contribution in [1.29, 1.82) is 0 Å². The maximum absolute atomic E-state index is 5.60. The van der Waals surface area contributed by atoms with Gasteiger partial charge in [0.2, 0.25) is 0 Å². The third-order valence-electron chi connectivity index (χ3n) is 2.25. The van der Waals surface area contributed by atoms with Gasteiger partial charge in [-0.05, 0) is 25.5 Å². The maximum atomic E-state index is 5.60. The second-order valence-electron chi connectivity index (χ2n) is 3.42. The fourth-order valence-corrected chi connectivity index (χ4v) is 1.54. The highest BCUT2D eigenvalue weighted by Gasteiger charge is 2.06. The Morgan fingerprint density at radius 3 is 2.93 bits per heavy atom. The van der Waals surface area contributed by atoms with Crippen molar-refractivity contribution >= 4 is 0 Å². The lowest BCUT2D eigenvalue weighted by molar-refractivity contribution is 0.341. The van der Waals surface area contributed by atoms with Gasteiger partial charge in [0.25, 0.3) is 0 Å². The molecule has 0 aliphatic carbocycles. The fourth-order valence-electron chi connectivity index (χ4n) is 1.54. The Labute approximate surface area is 89.1 Å². The molecular formula is C12H14N2O. The zero-order valence-electron chi connectivity index (χ0n) is 8.95. The number of rotatable bonds is 3. The molecule has 0 saturated heterocycles. The Morgan fingerprint density at radius 2 is 2.27 bits per heavy atom. The predicted octanol–water partition coefficient (Wildman–Crippen LogP) is 2.78. The van der Waals surface area contributed by atoms with Crippen LogP contribution in [0.2, 0.25) is 0 Å². The molecule has 2 rings (SSSR count). The summed E-state index contributed by atoms with van der Waals surface area (Å²) in [5, 5.41) is 6.75. The molecule has 1 N–H and O–H groups in total. The van der Waals surface area contributed by atoms with Gasteiger partial charge in [0.15, 0.2) is 0 Å². The standard InChI is InChI=1S/C12H14N2O/c1-3-15-12-6-9(2)4-5-11(12)10-7-13-14-8-10/h4-8H,3H2,1-2H3,(H,13,14). The summed E-state index contributed by atoms with van der Waals surface area (Å²) in [5.41, 5.74) is 3.33. The molecule has 0 saturated carbocycles. The molecule has 2 aromatic rings. The topological polar surface area (TPSA) is 37.9 Å². The van der Waals surface area contributed by atoms with Crippen LogP contribution in [-0.4, -0.2) is 16.8 Å². The minimum atomic E-state index is 0.675. The second kappa shape index (κ2) is 4.17. The van der Waals surface area contributed by atoms with Crippen LogP contribution in [0.5, 0.6) is 5.75 Å². The van der Waals surface area contributed by atoms with Crippen LogP contribution in [-0.2, 0) is 0 Å². The molecule has 0 aliphatic heterocycles. The van der Waals surface area contributed by atoms with Gasteiger partial charge < -0.3 is 4.74 Å². The Kier molecular flexibility index (Phi) is 2.72. The summed E-state index contributed by atoms with van der Waals surface area (Å²) >= 11 is 0. The van der Waals surface area contributed by atoms with E-state index >= 15 is 0 Å². The smallest absolute Gasteiger partial charge is 0.127 e. The number of H-pyrrole nitrogens is 1. The van der Waals surface area contributed by atoms with E-state index in [1.165, 1.54) is 5.56 Å². The van der Waals surface area contributed by atoms with E-state index < -0.39 is 0 Å². The van der Waals surface area contributed by atoms with Crippen molar-refractivity contribution in [3.05, 3.63) is 36.2 Å². The summed E-state index contributed by atoms with van der Waals surface area (Å²) in [5.74, 6) is 0.916. The molecule has 15 heavy (non-hydrogen) atoms. The van der Waals surface area contributed by atoms with Crippen molar-refractivity contribution in [2.75, 3.05) is 6.61 Å². The minimum absolute atomic E-state index is 0.675. The van der Waals surface area contributed by atoms with Gasteiger partial charge in [-0.3, -0.25) is 5.10 Å². The Balaban J connectivity index is 2.46. The number of aromatic nitrogens is 2. The molecule has 1 aromatic carbocycles. The number of nitrogens with zero attached hydrogens (tertiary/aromatic N) is 1. The van der Waals surface area contributed by atoms with Crippen molar-refractivity contribution in [3.63, 3.8) is 0 Å².